The summed E-state index contributed by atoms with van der Waals surface area (Å²) in [4.78, 5) is 26.8. The van der Waals surface area contributed by atoms with Gasteiger partial charge in [0.1, 0.15) is 23.6 Å². The van der Waals surface area contributed by atoms with Crippen molar-refractivity contribution in [2.24, 2.45) is 0 Å². The fourth-order valence-electron chi connectivity index (χ4n) is 6.95. The fraction of sp³-hybridized carbons (Fsp3) is 0.645. The molecule has 0 radical (unpaired) electrons. The minimum absolute atomic E-state index is 0.0794. The van der Waals surface area contributed by atoms with E-state index in [-0.39, 0.29) is 30.0 Å². The second-order valence-electron chi connectivity index (χ2n) is 12.0. The number of hydrogen-bond donors (Lipinski definition) is 1. The second kappa shape index (κ2) is 13.6. The van der Waals surface area contributed by atoms with Crippen molar-refractivity contribution in [1.29, 1.82) is 0 Å². The fourth-order valence-corrected chi connectivity index (χ4v) is 6.95. The van der Waals surface area contributed by atoms with Gasteiger partial charge in [-0.05, 0) is 63.1 Å². The van der Waals surface area contributed by atoms with Crippen LogP contribution in [0, 0.1) is 6.92 Å². The zero-order valence-electron chi connectivity index (χ0n) is 24.9. The van der Waals surface area contributed by atoms with E-state index in [0.717, 1.165) is 63.8 Å². The van der Waals surface area contributed by atoms with Crippen LogP contribution in [-0.2, 0) is 14.2 Å². The number of fused-ring (bicyclic) bond motifs is 1. The molecule has 1 amide bonds. The molecular weight excluding hydrogens is 579 g/mol. The number of carbonyl (C=O) groups excluding carboxylic acids is 1. The lowest BCUT2D eigenvalue weighted by Gasteiger charge is -2.49. The molecular formula is C31H40F3N5O5. The summed E-state index contributed by atoms with van der Waals surface area (Å²) in [6.07, 6.45) is 1.85. The minimum Gasteiger partial charge on any atom is -0.406 e. The van der Waals surface area contributed by atoms with Gasteiger partial charge in [0.15, 0.2) is 0 Å². The van der Waals surface area contributed by atoms with Crippen LogP contribution in [0.5, 0.6) is 5.75 Å². The van der Waals surface area contributed by atoms with E-state index in [1.807, 2.05) is 11.8 Å². The summed E-state index contributed by atoms with van der Waals surface area (Å²) in [5, 5.41) is 3.34. The molecule has 1 aromatic heterocycles. The Morgan fingerprint density at radius 2 is 1.84 bits per heavy atom. The summed E-state index contributed by atoms with van der Waals surface area (Å²) in [7, 11) is 0. The van der Waals surface area contributed by atoms with Gasteiger partial charge in [0.2, 0.25) is 0 Å². The molecule has 6 rings (SSSR count). The van der Waals surface area contributed by atoms with Crippen molar-refractivity contribution < 1.29 is 36.9 Å². The number of carbonyl (C=O) groups is 1. The number of benzene rings is 1. The first-order valence-electron chi connectivity index (χ1n) is 15.6. The third-order valence-corrected chi connectivity index (χ3v) is 9.22. The molecule has 0 bridgehead atoms. The molecule has 2 aromatic rings. The van der Waals surface area contributed by atoms with E-state index >= 15 is 0 Å². The van der Waals surface area contributed by atoms with Gasteiger partial charge in [0.05, 0.1) is 31.5 Å². The molecule has 13 heteroatoms. The maximum Gasteiger partial charge on any atom is 0.573 e. The summed E-state index contributed by atoms with van der Waals surface area (Å²) >= 11 is 0. The number of hydrogen-bond acceptors (Lipinski definition) is 9. The smallest absolute Gasteiger partial charge is 0.406 e. The molecule has 4 aliphatic heterocycles. The van der Waals surface area contributed by atoms with Crippen molar-refractivity contribution in [3.8, 4) is 5.75 Å². The third-order valence-electron chi connectivity index (χ3n) is 9.22. The van der Waals surface area contributed by atoms with Gasteiger partial charge in [-0.3, -0.25) is 9.69 Å². The normalized spacial score (nSPS) is 27.0. The Balaban J connectivity index is 1.02. The summed E-state index contributed by atoms with van der Waals surface area (Å²) in [6, 6.07) is 6.66. The first kappa shape index (κ1) is 31.0. The van der Waals surface area contributed by atoms with Gasteiger partial charge in [-0.2, -0.15) is 0 Å². The van der Waals surface area contributed by atoms with Crippen molar-refractivity contribution in [3.63, 3.8) is 0 Å². The molecule has 240 valence electrons. The SMILES string of the molecule is Cc1c(NC[C@H]2CCC[C@@H](c3ccc(OC(F)(F)F)cc3)O2)ncnc1C(=O)N1CCC(N2CCO[C@H]3COCC[C@H]32)CC1. The lowest BCUT2D eigenvalue weighted by Crippen LogP contribution is -2.60. The summed E-state index contributed by atoms with van der Waals surface area (Å²) in [5.74, 6) is 0.259. The zero-order chi connectivity index (χ0) is 30.7. The molecule has 10 nitrogen and oxygen atoms in total. The van der Waals surface area contributed by atoms with E-state index in [0.29, 0.717) is 55.4 Å². The van der Waals surface area contributed by atoms with Crippen LogP contribution in [0.4, 0.5) is 19.0 Å². The van der Waals surface area contributed by atoms with Crippen LogP contribution in [0.1, 0.15) is 66.2 Å². The number of ether oxygens (including phenoxy) is 4. The van der Waals surface area contributed by atoms with Crippen LogP contribution in [0.25, 0.3) is 0 Å². The summed E-state index contributed by atoms with van der Waals surface area (Å²) in [5.41, 5.74) is 1.91. The number of nitrogens with zero attached hydrogens (tertiary/aromatic N) is 4. The first-order chi connectivity index (χ1) is 21.2. The lowest BCUT2D eigenvalue weighted by atomic mass is 9.95. The van der Waals surface area contributed by atoms with Crippen LogP contribution in [0.2, 0.25) is 0 Å². The number of rotatable bonds is 7. The van der Waals surface area contributed by atoms with Crippen LogP contribution in [0.15, 0.2) is 30.6 Å². The largest absolute Gasteiger partial charge is 0.573 e. The molecule has 4 saturated heterocycles. The van der Waals surface area contributed by atoms with Crippen molar-refractivity contribution >= 4 is 11.7 Å². The number of piperidine rings is 1. The standard InChI is InChI=1S/C31H40F3N5O5/c1-20-28(30(40)38-12-9-22(10-13-38)39-14-16-42-27-18-41-15-11-25(27)39)36-19-37-29(20)35-17-24-3-2-4-26(43-24)21-5-7-23(8-6-21)44-31(32,33)34/h5-8,19,22,24-27H,2-4,9-18H2,1H3,(H,35,36,37)/t24-,25-,26+,27+/m1/s1. The molecule has 44 heavy (non-hydrogen) atoms. The molecule has 1 aromatic carbocycles. The number of halogens is 3. The van der Waals surface area contributed by atoms with Crippen molar-refractivity contribution in [2.75, 3.05) is 51.3 Å². The van der Waals surface area contributed by atoms with Gasteiger partial charge in [-0.15, -0.1) is 13.2 Å². The molecule has 4 fully saturated rings. The maximum atomic E-state index is 13.6. The molecule has 0 unspecified atom stereocenters. The monoisotopic (exact) mass is 619 g/mol. The number of likely N-dealkylation sites (tertiary alicyclic amines) is 1. The second-order valence-corrected chi connectivity index (χ2v) is 12.0. The minimum atomic E-state index is -4.72. The third kappa shape index (κ3) is 7.27. The molecule has 5 heterocycles. The molecule has 1 N–H and O–H groups in total. The van der Waals surface area contributed by atoms with Gasteiger partial charge in [0.25, 0.3) is 5.91 Å². The molecule has 0 saturated carbocycles. The zero-order valence-corrected chi connectivity index (χ0v) is 24.9. The first-order valence-corrected chi connectivity index (χ1v) is 15.6. The van der Waals surface area contributed by atoms with E-state index in [2.05, 4.69) is 24.9 Å². The highest BCUT2D eigenvalue weighted by Crippen LogP contribution is 2.33. The highest BCUT2D eigenvalue weighted by atomic mass is 19.4. The molecule has 4 aliphatic rings. The molecule has 4 atom stereocenters. The van der Waals surface area contributed by atoms with E-state index in [1.165, 1.54) is 18.5 Å². The predicted octanol–water partition coefficient (Wildman–Crippen LogP) is 4.50. The maximum absolute atomic E-state index is 13.6. The van der Waals surface area contributed by atoms with Crippen LogP contribution in [-0.4, -0.2) is 102 Å². The average Bonchev–Trinajstić information content (AvgIpc) is 3.03. The topological polar surface area (TPSA) is 98.3 Å². The Morgan fingerprint density at radius 3 is 2.61 bits per heavy atom. The van der Waals surface area contributed by atoms with Gasteiger partial charge in [-0.1, -0.05) is 12.1 Å². The highest BCUT2D eigenvalue weighted by molar-refractivity contribution is 5.94. The number of morpholine rings is 1. The van der Waals surface area contributed by atoms with Gasteiger partial charge in [0, 0.05) is 50.4 Å². The number of amides is 1. The highest BCUT2D eigenvalue weighted by Gasteiger charge is 2.40. The Labute approximate surface area is 255 Å². The molecule has 0 aliphatic carbocycles. The molecule has 0 spiro atoms. The number of alkyl halides is 3. The average molecular weight is 620 g/mol. The quantitative estimate of drug-likeness (QED) is 0.481. The predicted molar refractivity (Wildman–Crippen MR) is 154 cm³/mol. The van der Waals surface area contributed by atoms with Gasteiger partial charge in [-0.25, -0.2) is 9.97 Å². The van der Waals surface area contributed by atoms with Crippen LogP contribution < -0.4 is 10.1 Å². The van der Waals surface area contributed by atoms with Crippen LogP contribution in [0.3, 0.4) is 0 Å². The van der Waals surface area contributed by atoms with E-state index in [4.69, 9.17) is 14.2 Å². The Kier molecular flexibility index (Phi) is 9.55. The van der Waals surface area contributed by atoms with E-state index in [9.17, 15) is 18.0 Å². The van der Waals surface area contributed by atoms with Gasteiger partial charge >= 0.3 is 6.36 Å². The van der Waals surface area contributed by atoms with Crippen molar-refractivity contribution in [1.82, 2.24) is 19.8 Å². The van der Waals surface area contributed by atoms with E-state index in [1.54, 1.807) is 12.1 Å². The van der Waals surface area contributed by atoms with E-state index < -0.39 is 6.36 Å². The lowest BCUT2D eigenvalue weighted by molar-refractivity contribution is -0.274. The number of nitrogens with one attached hydrogen (secondary N) is 1. The van der Waals surface area contributed by atoms with Crippen LogP contribution >= 0.6 is 0 Å². The Hall–Kier alpha value is -3.00. The van der Waals surface area contributed by atoms with Crippen molar-refractivity contribution in [2.45, 2.75) is 82.2 Å². The Morgan fingerprint density at radius 1 is 1.05 bits per heavy atom. The Bertz CT molecular complexity index is 1270. The summed E-state index contributed by atoms with van der Waals surface area (Å²) < 4.78 is 59.3. The van der Waals surface area contributed by atoms with Gasteiger partial charge < -0.3 is 29.2 Å². The number of anilines is 1. The summed E-state index contributed by atoms with van der Waals surface area (Å²) in [6.45, 7) is 6.78. The number of aromatic nitrogens is 2. The van der Waals surface area contributed by atoms with Crippen molar-refractivity contribution in [3.05, 3.63) is 47.4 Å².